The molecule has 2 aromatic heterocycles. The molecule has 206 valence electrons. The molecule has 1 aliphatic rings. The number of carbonyl (C=O) groups excluding carboxylic acids is 1. The first kappa shape index (κ1) is 26.4. The first-order valence-electron chi connectivity index (χ1n) is 15.0. The van der Waals surface area contributed by atoms with E-state index in [2.05, 4.69) is 80.1 Å². The van der Waals surface area contributed by atoms with Crippen LogP contribution in [0, 0.1) is 13.8 Å². The Kier molecular flexibility index (Phi) is 7.04. The molecule has 1 aliphatic heterocycles. The predicted molar refractivity (Wildman–Crippen MR) is 164 cm³/mol. The van der Waals surface area contributed by atoms with Crippen LogP contribution in [0.3, 0.4) is 0 Å². The summed E-state index contributed by atoms with van der Waals surface area (Å²) in [4.78, 5) is 21.1. The Morgan fingerprint density at radius 1 is 0.675 bits per heavy atom. The fraction of sp³-hybridized carbons (Fsp3) is 0.361. The number of hydrogen-bond donors (Lipinski definition) is 2. The summed E-state index contributed by atoms with van der Waals surface area (Å²) < 4.78 is 6.77. The maximum Gasteiger partial charge on any atom is 0.340 e. The van der Waals surface area contributed by atoms with Crippen LogP contribution in [0.25, 0.3) is 21.8 Å². The maximum atomic E-state index is 13.7. The van der Waals surface area contributed by atoms with Crippen molar-refractivity contribution in [3.8, 4) is 0 Å². The highest BCUT2D eigenvalue weighted by atomic mass is 16.6. The molecule has 0 fully saturated rings. The van der Waals surface area contributed by atoms with Gasteiger partial charge in [0.1, 0.15) is 0 Å². The Morgan fingerprint density at radius 2 is 1.20 bits per heavy atom. The van der Waals surface area contributed by atoms with E-state index in [1.54, 1.807) is 0 Å². The molecule has 0 saturated heterocycles. The molecule has 0 amide bonds. The van der Waals surface area contributed by atoms with E-state index < -0.39 is 5.60 Å². The van der Waals surface area contributed by atoms with Gasteiger partial charge < -0.3 is 14.7 Å². The van der Waals surface area contributed by atoms with Crippen molar-refractivity contribution in [2.24, 2.45) is 0 Å². The zero-order valence-corrected chi connectivity index (χ0v) is 24.2. The van der Waals surface area contributed by atoms with E-state index in [0.29, 0.717) is 5.56 Å². The molecular weight excluding hydrogens is 492 g/mol. The van der Waals surface area contributed by atoms with Crippen molar-refractivity contribution in [3.63, 3.8) is 0 Å². The second-order valence-corrected chi connectivity index (χ2v) is 11.5. The number of aromatic amines is 2. The number of rotatable bonds is 10. The van der Waals surface area contributed by atoms with E-state index in [0.717, 1.165) is 64.8 Å². The van der Waals surface area contributed by atoms with Crippen molar-refractivity contribution < 1.29 is 9.53 Å². The standard InChI is InChI=1S/C36H40N2O2/c1-5-7-9-15-25-17-13-21-29-31(25)33(23(3)37-29)36(28-20-12-11-19-27(28)35(39)40-36)34-24(4)38-30-22-14-18-26(32(30)34)16-10-8-6-2/h11-14,17-22,37-38H,5-10,15-16H2,1-4H3. The van der Waals surface area contributed by atoms with Gasteiger partial charge >= 0.3 is 5.97 Å². The highest BCUT2D eigenvalue weighted by Crippen LogP contribution is 2.54. The molecule has 6 rings (SSSR count). The van der Waals surface area contributed by atoms with Crippen LogP contribution in [0.5, 0.6) is 0 Å². The molecule has 0 spiro atoms. The number of ether oxygens (including phenoxy) is 1. The highest BCUT2D eigenvalue weighted by molar-refractivity contribution is 6.02. The Morgan fingerprint density at radius 3 is 1.73 bits per heavy atom. The van der Waals surface area contributed by atoms with Crippen molar-refractivity contribution in [2.45, 2.75) is 84.7 Å². The molecule has 0 bridgehead atoms. The Bertz CT molecular complexity index is 1610. The number of unbranched alkanes of at least 4 members (excludes halogenated alkanes) is 4. The number of nitrogens with one attached hydrogen (secondary N) is 2. The van der Waals surface area contributed by atoms with E-state index >= 15 is 0 Å². The van der Waals surface area contributed by atoms with Gasteiger partial charge in [-0.1, -0.05) is 82.0 Å². The molecule has 0 atom stereocenters. The van der Waals surface area contributed by atoms with Gasteiger partial charge in [0.2, 0.25) is 0 Å². The fourth-order valence-electron chi connectivity index (χ4n) is 7.04. The smallest absolute Gasteiger partial charge is 0.340 e. The van der Waals surface area contributed by atoms with E-state index in [1.807, 2.05) is 18.2 Å². The van der Waals surface area contributed by atoms with Crippen LogP contribution in [-0.2, 0) is 23.2 Å². The van der Waals surface area contributed by atoms with Crippen molar-refractivity contribution in [1.29, 1.82) is 0 Å². The van der Waals surface area contributed by atoms with Gasteiger partial charge in [-0.2, -0.15) is 0 Å². The van der Waals surface area contributed by atoms with Gasteiger partial charge in [0, 0.05) is 49.9 Å². The lowest BCUT2D eigenvalue weighted by molar-refractivity contribution is 0.0256. The predicted octanol–water partition coefficient (Wildman–Crippen LogP) is 9.19. The lowest BCUT2D eigenvalue weighted by Gasteiger charge is -2.32. The summed E-state index contributed by atoms with van der Waals surface area (Å²) in [6.07, 6.45) is 9.01. The summed E-state index contributed by atoms with van der Waals surface area (Å²) in [5, 5.41) is 2.38. The summed E-state index contributed by atoms with van der Waals surface area (Å²) in [7, 11) is 0. The third kappa shape index (κ3) is 4.08. The lowest BCUT2D eigenvalue weighted by atomic mass is 9.76. The largest absolute Gasteiger partial charge is 0.440 e. The van der Waals surface area contributed by atoms with Crippen LogP contribution in [0.15, 0.2) is 60.7 Å². The second-order valence-electron chi connectivity index (χ2n) is 11.5. The van der Waals surface area contributed by atoms with Gasteiger partial charge in [-0.05, 0) is 68.9 Å². The van der Waals surface area contributed by atoms with E-state index in [4.69, 9.17) is 4.74 Å². The molecule has 40 heavy (non-hydrogen) atoms. The molecule has 0 unspecified atom stereocenters. The first-order valence-corrected chi connectivity index (χ1v) is 15.0. The number of H-pyrrole nitrogens is 2. The SMILES string of the molecule is CCCCCc1cccc2[nH]c(C)c(C3(c4c(C)[nH]c5cccc(CCCCC)c45)OC(=O)c4ccccc43)c12. The number of aromatic nitrogens is 2. The minimum atomic E-state index is -1.06. The van der Waals surface area contributed by atoms with Crippen LogP contribution in [0.2, 0.25) is 0 Å². The van der Waals surface area contributed by atoms with Gasteiger partial charge in [0.05, 0.1) is 5.56 Å². The zero-order chi connectivity index (χ0) is 27.9. The number of carbonyl (C=O) groups is 1. The van der Waals surface area contributed by atoms with Crippen LogP contribution in [-0.4, -0.2) is 15.9 Å². The highest BCUT2D eigenvalue weighted by Gasteiger charge is 2.53. The topological polar surface area (TPSA) is 57.9 Å². The van der Waals surface area contributed by atoms with Crippen molar-refractivity contribution in [1.82, 2.24) is 9.97 Å². The average Bonchev–Trinajstić information content (AvgIpc) is 3.58. The lowest BCUT2D eigenvalue weighted by Crippen LogP contribution is -2.31. The van der Waals surface area contributed by atoms with E-state index in [-0.39, 0.29) is 5.97 Å². The van der Waals surface area contributed by atoms with Crippen LogP contribution >= 0.6 is 0 Å². The second kappa shape index (κ2) is 10.6. The van der Waals surface area contributed by atoms with Gasteiger partial charge in [0.25, 0.3) is 0 Å². The molecule has 3 heterocycles. The molecule has 5 aromatic rings. The van der Waals surface area contributed by atoms with Crippen molar-refractivity contribution in [3.05, 3.63) is 105 Å². The number of benzene rings is 3. The molecule has 0 aliphatic carbocycles. The summed E-state index contributed by atoms with van der Waals surface area (Å²) in [6.45, 7) is 8.75. The molecule has 3 aromatic carbocycles. The minimum absolute atomic E-state index is 0.259. The molecule has 2 N–H and O–H groups in total. The number of cyclic esters (lactones) is 1. The molecular formula is C36H40N2O2. The molecule has 4 heteroatoms. The average molecular weight is 533 g/mol. The normalized spacial score (nSPS) is 14.2. The quantitative estimate of drug-likeness (QED) is 0.139. The Hall–Kier alpha value is -3.79. The van der Waals surface area contributed by atoms with Gasteiger partial charge in [0.15, 0.2) is 5.60 Å². The fourth-order valence-corrected chi connectivity index (χ4v) is 7.04. The monoisotopic (exact) mass is 532 g/mol. The zero-order valence-electron chi connectivity index (χ0n) is 24.2. The minimum Gasteiger partial charge on any atom is -0.440 e. The summed E-state index contributed by atoms with van der Waals surface area (Å²) in [5.74, 6) is -0.259. The van der Waals surface area contributed by atoms with Crippen LogP contribution in [0.1, 0.15) is 102 Å². The molecule has 0 radical (unpaired) electrons. The third-order valence-electron chi connectivity index (χ3n) is 8.77. The summed E-state index contributed by atoms with van der Waals surface area (Å²) in [5.41, 5.74) is 9.57. The Labute approximate surface area is 237 Å². The van der Waals surface area contributed by atoms with E-state index in [9.17, 15) is 4.79 Å². The molecule has 0 saturated carbocycles. The number of hydrogen-bond acceptors (Lipinski definition) is 2. The number of esters is 1. The van der Waals surface area contributed by atoms with Crippen LogP contribution < -0.4 is 0 Å². The maximum absolute atomic E-state index is 13.7. The Balaban J connectivity index is 1.71. The van der Waals surface area contributed by atoms with Gasteiger partial charge in [-0.3, -0.25) is 0 Å². The van der Waals surface area contributed by atoms with Crippen LogP contribution in [0.4, 0.5) is 0 Å². The first-order chi connectivity index (χ1) is 19.5. The van der Waals surface area contributed by atoms with Crippen molar-refractivity contribution >= 4 is 27.8 Å². The van der Waals surface area contributed by atoms with E-state index in [1.165, 1.54) is 47.6 Å². The molecule has 4 nitrogen and oxygen atoms in total. The van der Waals surface area contributed by atoms with Gasteiger partial charge in [-0.15, -0.1) is 0 Å². The third-order valence-corrected chi connectivity index (χ3v) is 8.77. The van der Waals surface area contributed by atoms with Gasteiger partial charge in [-0.25, -0.2) is 4.79 Å². The van der Waals surface area contributed by atoms with Crippen molar-refractivity contribution in [2.75, 3.05) is 0 Å². The number of fused-ring (bicyclic) bond motifs is 3. The summed E-state index contributed by atoms with van der Waals surface area (Å²) in [6, 6.07) is 21.1. The number of aryl methyl sites for hydroxylation is 4. The summed E-state index contributed by atoms with van der Waals surface area (Å²) >= 11 is 0.